The van der Waals surface area contributed by atoms with Crippen LogP contribution in [0.4, 0.5) is 4.39 Å². The summed E-state index contributed by atoms with van der Waals surface area (Å²) in [6.45, 7) is 3.65. The van der Waals surface area contributed by atoms with E-state index in [0.29, 0.717) is 6.42 Å². The highest BCUT2D eigenvalue weighted by molar-refractivity contribution is 5.90. The van der Waals surface area contributed by atoms with Gasteiger partial charge in [0, 0.05) is 23.0 Å². The standard InChI is InChI=1S/C22H19FN2O2/c1-3-12-22(21(26)27-2)13-17-16-6-4-5-7-18(16)24-20(17)19(25-22)14-8-10-15(23)11-9-14/h4-12,19,24-25H,1,13H2,2H3/t19-,22-/m1/s1. The monoisotopic (exact) mass is 362 g/mol. The molecule has 5 heteroatoms. The molecule has 2 N–H and O–H groups in total. The summed E-state index contributed by atoms with van der Waals surface area (Å²) >= 11 is 0. The molecule has 2 heterocycles. The number of ether oxygens (including phenoxy) is 1. The Morgan fingerprint density at radius 2 is 2.04 bits per heavy atom. The van der Waals surface area contributed by atoms with E-state index in [1.54, 1.807) is 18.2 Å². The van der Waals surface area contributed by atoms with Gasteiger partial charge >= 0.3 is 5.97 Å². The minimum absolute atomic E-state index is 0.309. The Morgan fingerprint density at radius 3 is 2.74 bits per heavy atom. The number of H-pyrrole nitrogens is 1. The van der Waals surface area contributed by atoms with Gasteiger partial charge in [0.05, 0.1) is 13.2 Å². The van der Waals surface area contributed by atoms with E-state index >= 15 is 0 Å². The summed E-state index contributed by atoms with van der Waals surface area (Å²) in [5.74, 6) is -0.724. The highest BCUT2D eigenvalue weighted by atomic mass is 19.1. The van der Waals surface area contributed by atoms with Crippen molar-refractivity contribution in [2.45, 2.75) is 18.0 Å². The van der Waals surface area contributed by atoms with Crippen LogP contribution in [-0.2, 0) is 16.0 Å². The fourth-order valence-corrected chi connectivity index (χ4v) is 3.86. The van der Waals surface area contributed by atoms with Crippen LogP contribution in [0.1, 0.15) is 22.9 Å². The lowest BCUT2D eigenvalue weighted by molar-refractivity contribution is -0.147. The average molecular weight is 362 g/mol. The molecular weight excluding hydrogens is 343 g/mol. The molecule has 0 bridgehead atoms. The van der Waals surface area contributed by atoms with Gasteiger partial charge in [-0.1, -0.05) is 36.9 Å². The van der Waals surface area contributed by atoms with Crippen molar-refractivity contribution in [3.63, 3.8) is 0 Å². The smallest absolute Gasteiger partial charge is 0.331 e. The third-order valence-corrected chi connectivity index (χ3v) is 5.09. The lowest BCUT2D eigenvalue weighted by Gasteiger charge is -2.38. The lowest BCUT2D eigenvalue weighted by atomic mass is 9.81. The Balaban J connectivity index is 1.96. The minimum Gasteiger partial charge on any atom is -0.467 e. The van der Waals surface area contributed by atoms with Crippen LogP contribution in [0.25, 0.3) is 10.9 Å². The molecule has 0 amide bonds. The molecule has 3 aromatic rings. The van der Waals surface area contributed by atoms with Crippen molar-refractivity contribution < 1.29 is 13.9 Å². The summed E-state index contributed by atoms with van der Waals surface area (Å²) in [6.07, 6.45) is 2.01. The average Bonchev–Trinajstić information content (AvgIpc) is 3.06. The molecule has 0 aliphatic carbocycles. The fourth-order valence-electron chi connectivity index (χ4n) is 3.86. The molecule has 2 aromatic carbocycles. The molecule has 1 aliphatic heterocycles. The van der Waals surface area contributed by atoms with E-state index in [0.717, 1.165) is 27.7 Å². The highest BCUT2D eigenvalue weighted by Gasteiger charge is 2.45. The Kier molecular flexibility index (Phi) is 4.19. The number of methoxy groups -OCH3 is 1. The first-order chi connectivity index (χ1) is 13.1. The van der Waals surface area contributed by atoms with Crippen molar-refractivity contribution in [2.75, 3.05) is 7.11 Å². The van der Waals surface area contributed by atoms with Gasteiger partial charge in [0.1, 0.15) is 11.4 Å². The van der Waals surface area contributed by atoms with Crippen molar-refractivity contribution in [1.82, 2.24) is 10.3 Å². The number of halogens is 1. The van der Waals surface area contributed by atoms with E-state index in [-0.39, 0.29) is 11.9 Å². The minimum atomic E-state index is -1.10. The number of hydrogen-bond donors (Lipinski definition) is 2. The Labute approximate surface area is 156 Å². The number of hydrogen-bond acceptors (Lipinski definition) is 3. The van der Waals surface area contributed by atoms with Crippen molar-refractivity contribution >= 4 is 16.9 Å². The maximum absolute atomic E-state index is 13.4. The molecule has 4 nitrogen and oxygen atoms in total. The zero-order valence-electron chi connectivity index (χ0n) is 14.9. The van der Waals surface area contributed by atoms with E-state index in [1.165, 1.54) is 19.2 Å². The van der Waals surface area contributed by atoms with E-state index in [2.05, 4.69) is 22.6 Å². The molecule has 1 aromatic heterocycles. The van der Waals surface area contributed by atoms with Gasteiger partial charge in [0.2, 0.25) is 0 Å². The van der Waals surface area contributed by atoms with Crippen molar-refractivity contribution in [3.8, 4) is 0 Å². The first-order valence-corrected chi connectivity index (χ1v) is 8.66. The quantitative estimate of drug-likeness (QED) is 0.550. The molecule has 4 rings (SSSR count). The second kappa shape index (κ2) is 6.54. The maximum Gasteiger partial charge on any atom is 0.331 e. The van der Waals surface area contributed by atoms with Gasteiger partial charge in [0.15, 0.2) is 0 Å². The molecule has 2 atom stereocenters. The van der Waals surface area contributed by atoms with E-state index in [4.69, 9.17) is 4.74 Å². The Hall–Kier alpha value is -3.14. The van der Waals surface area contributed by atoms with Gasteiger partial charge in [-0.2, -0.15) is 0 Å². The molecule has 0 spiro atoms. The third kappa shape index (κ3) is 2.78. The van der Waals surface area contributed by atoms with Gasteiger partial charge in [-0.25, -0.2) is 9.18 Å². The van der Waals surface area contributed by atoms with Gasteiger partial charge in [-0.05, 0) is 35.4 Å². The van der Waals surface area contributed by atoms with Crippen LogP contribution in [0.3, 0.4) is 0 Å². The van der Waals surface area contributed by atoms with Crippen molar-refractivity contribution in [2.24, 2.45) is 0 Å². The molecule has 0 saturated carbocycles. The molecular formula is C22H19FN2O2. The summed E-state index contributed by atoms with van der Waals surface area (Å²) in [4.78, 5) is 16.2. The first kappa shape index (κ1) is 17.3. The topological polar surface area (TPSA) is 54.1 Å². The summed E-state index contributed by atoms with van der Waals surface area (Å²) in [6, 6.07) is 13.9. The number of rotatable bonds is 3. The van der Waals surface area contributed by atoms with Gasteiger partial charge in [-0.3, -0.25) is 5.32 Å². The maximum atomic E-state index is 13.4. The van der Waals surface area contributed by atoms with Gasteiger partial charge in [-0.15, -0.1) is 5.73 Å². The lowest BCUT2D eigenvalue weighted by Crippen LogP contribution is -2.57. The number of esters is 1. The Morgan fingerprint density at radius 1 is 1.30 bits per heavy atom. The molecule has 1 aliphatic rings. The SMILES string of the molecule is C=C=C[C@]1(C(=O)OC)Cc2c([nH]c3ccccc23)[C@@H](c2ccc(F)cc2)N1. The predicted molar refractivity (Wildman–Crippen MR) is 102 cm³/mol. The largest absolute Gasteiger partial charge is 0.467 e. The highest BCUT2D eigenvalue weighted by Crippen LogP contribution is 2.39. The number of aromatic nitrogens is 1. The number of nitrogens with one attached hydrogen (secondary N) is 2. The molecule has 0 fully saturated rings. The van der Waals surface area contributed by atoms with E-state index < -0.39 is 11.5 Å². The zero-order valence-corrected chi connectivity index (χ0v) is 14.9. The molecule has 136 valence electrons. The summed E-state index contributed by atoms with van der Waals surface area (Å²) in [5, 5.41) is 4.43. The fraction of sp³-hybridized carbons (Fsp3) is 0.182. The number of carbonyl (C=O) groups excluding carboxylic acids is 1. The normalized spacial score (nSPS) is 21.3. The summed E-state index contributed by atoms with van der Waals surface area (Å²) in [5.41, 5.74) is 5.44. The predicted octanol–water partition coefficient (Wildman–Crippen LogP) is 3.80. The number of carbonyl (C=O) groups is 1. The first-order valence-electron chi connectivity index (χ1n) is 8.66. The van der Waals surface area contributed by atoms with Crippen LogP contribution in [-0.4, -0.2) is 23.6 Å². The van der Waals surface area contributed by atoms with Crippen LogP contribution in [0, 0.1) is 5.82 Å². The number of fused-ring (bicyclic) bond motifs is 3. The van der Waals surface area contributed by atoms with Gasteiger partial charge < -0.3 is 9.72 Å². The van der Waals surface area contributed by atoms with Crippen LogP contribution >= 0.6 is 0 Å². The van der Waals surface area contributed by atoms with Crippen LogP contribution < -0.4 is 5.32 Å². The molecule has 27 heavy (non-hydrogen) atoms. The van der Waals surface area contributed by atoms with Crippen molar-refractivity contribution in [1.29, 1.82) is 0 Å². The van der Waals surface area contributed by atoms with Gasteiger partial charge in [0.25, 0.3) is 0 Å². The van der Waals surface area contributed by atoms with Crippen LogP contribution in [0.2, 0.25) is 0 Å². The van der Waals surface area contributed by atoms with Crippen molar-refractivity contribution in [3.05, 3.63) is 89.6 Å². The third-order valence-electron chi connectivity index (χ3n) is 5.09. The zero-order chi connectivity index (χ0) is 19.0. The Bertz CT molecular complexity index is 1060. The number of para-hydroxylation sites is 1. The second-order valence-corrected chi connectivity index (χ2v) is 6.68. The summed E-state index contributed by atoms with van der Waals surface area (Å²) < 4.78 is 18.5. The second-order valence-electron chi connectivity index (χ2n) is 6.68. The van der Waals surface area contributed by atoms with Crippen LogP contribution in [0.15, 0.2) is 66.9 Å². The number of benzene rings is 2. The molecule has 0 radical (unpaired) electrons. The number of aromatic amines is 1. The molecule has 0 unspecified atom stereocenters. The van der Waals surface area contributed by atoms with E-state index in [9.17, 15) is 9.18 Å². The molecule has 0 saturated heterocycles. The summed E-state index contributed by atoms with van der Waals surface area (Å²) in [7, 11) is 1.36. The van der Waals surface area contributed by atoms with Crippen LogP contribution in [0.5, 0.6) is 0 Å². The van der Waals surface area contributed by atoms with E-state index in [1.807, 2.05) is 24.3 Å².